The maximum absolute atomic E-state index is 13.5. The normalized spacial score (nSPS) is 33.9. The number of phenolic OH excluding ortho intramolecular Hbond substituents is 1. The fraction of sp³-hybridized carbons (Fsp3) is 0.391. The number of aliphatic hydroxyl groups is 1. The van der Waals surface area contributed by atoms with E-state index in [4.69, 9.17) is 4.74 Å². The van der Waals surface area contributed by atoms with Gasteiger partial charge in [-0.15, -0.1) is 0 Å². The van der Waals surface area contributed by atoms with Gasteiger partial charge in [-0.25, -0.2) is 0 Å². The molecule has 5 rings (SSSR count). The summed E-state index contributed by atoms with van der Waals surface area (Å²) < 4.78 is 6.10. The summed E-state index contributed by atoms with van der Waals surface area (Å²) in [5, 5.41) is 40.0. The van der Waals surface area contributed by atoms with E-state index in [0.29, 0.717) is 12.8 Å². The van der Waals surface area contributed by atoms with Gasteiger partial charge in [0.05, 0.1) is 23.6 Å². The van der Waals surface area contributed by atoms with Crippen molar-refractivity contribution < 1.29 is 34.6 Å². The highest BCUT2D eigenvalue weighted by Crippen LogP contribution is 2.58. The Bertz CT molecular complexity index is 1070. The molecule has 2 amide bonds. The van der Waals surface area contributed by atoms with Crippen LogP contribution in [0, 0.1) is 23.7 Å². The number of rotatable bonds is 3. The van der Waals surface area contributed by atoms with Gasteiger partial charge in [-0.1, -0.05) is 31.2 Å². The number of hydrogen-bond acceptors (Lipinski definition) is 7. The number of aromatic hydroxyl groups is 1. The molecule has 0 aromatic heterocycles. The summed E-state index contributed by atoms with van der Waals surface area (Å²) in [7, 11) is -1.72. The van der Waals surface area contributed by atoms with E-state index < -0.39 is 42.7 Å². The van der Waals surface area contributed by atoms with E-state index >= 15 is 0 Å². The second-order valence-corrected chi connectivity index (χ2v) is 9.04. The van der Waals surface area contributed by atoms with Gasteiger partial charge in [-0.05, 0) is 48.1 Å². The Morgan fingerprint density at radius 1 is 1.06 bits per heavy atom. The first-order valence-corrected chi connectivity index (χ1v) is 10.7. The molecule has 0 radical (unpaired) electrons. The zero-order valence-electron chi connectivity index (χ0n) is 17.5. The minimum absolute atomic E-state index is 0.124. The molecule has 6 atom stereocenters. The van der Waals surface area contributed by atoms with Gasteiger partial charge >= 0.3 is 7.12 Å². The van der Waals surface area contributed by atoms with Crippen LogP contribution in [0.1, 0.15) is 31.4 Å². The molecule has 1 saturated carbocycles. The van der Waals surface area contributed by atoms with Crippen LogP contribution in [0.2, 0.25) is 0 Å². The number of benzene rings is 2. The molecule has 8 nitrogen and oxygen atoms in total. The van der Waals surface area contributed by atoms with E-state index in [1.54, 1.807) is 36.4 Å². The lowest BCUT2D eigenvalue weighted by Crippen LogP contribution is -2.52. The summed E-state index contributed by atoms with van der Waals surface area (Å²) >= 11 is 0. The fourth-order valence-electron chi connectivity index (χ4n) is 5.62. The zero-order chi connectivity index (χ0) is 22.8. The first-order valence-electron chi connectivity index (χ1n) is 10.7. The Balaban J connectivity index is 1.49. The first kappa shape index (κ1) is 21.1. The van der Waals surface area contributed by atoms with Gasteiger partial charge in [0.2, 0.25) is 11.8 Å². The van der Waals surface area contributed by atoms with E-state index in [1.807, 2.05) is 6.92 Å². The van der Waals surface area contributed by atoms with E-state index in [-0.39, 0.29) is 28.7 Å². The van der Waals surface area contributed by atoms with Gasteiger partial charge in [0.1, 0.15) is 5.75 Å². The van der Waals surface area contributed by atoms with Crippen LogP contribution in [0.5, 0.6) is 5.75 Å². The van der Waals surface area contributed by atoms with Crippen molar-refractivity contribution in [1.29, 1.82) is 0 Å². The van der Waals surface area contributed by atoms with Crippen LogP contribution < -0.4 is 10.4 Å². The molecule has 1 aliphatic carbocycles. The van der Waals surface area contributed by atoms with Crippen molar-refractivity contribution in [1.82, 2.24) is 0 Å². The van der Waals surface area contributed by atoms with Gasteiger partial charge in [0.15, 0.2) is 5.79 Å². The van der Waals surface area contributed by atoms with Gasteiger partial charge in [-0.2, -0.15) is 0 Å². The Morgan fingerprint density at radius 2 is 1.78 bits per heavy atom. The van der Waals surface area contributed by atoms with E-state index in [2.05, 4.69) is 0 Å². The molecule has 2 heterocycles. The number of anilines is 1. The lowest BCUT2D eigenvalue weighted by Gasteiger charge is -2.43. The lowest BCUT2D eigenvalue weighted by atomic mass is 9.65. The predicted molar refractivity (Wildman–Crippen MR) is 115 cm³/mol. The highest BCUT2D eigenvalue weighted by molar-refractivity contribution is 6.58. The quantitative estimate of drug-likeness (QED) is 0.411. The molecular formula is C23H24BNO7. The summed E-state index contributed by atoms with van der Waals surface area (Å²) in [5.74, 6) is -4.40. The number of carbonyl (C=O) groups excluding carboxylic acids is 2. The molecule has 4 N–H and O–H groups in total. The van der Waals surface area contributed by atoms with E-state index in [1.165, 1.54) is 12.1 Å². The minimum Gasteiger partial charge on any atom is -0.508 e. The topological polar surface area (TPSA) is 128 Å². The SMILES string of the molecule is C[C@H]1C[C@@H]2C(=O)N(c3cccc(B(O)O)c3)C(=O)[C@@H]2[C@@H]2C[C@@H](c3ccc(O)cc3)O[C@]12O. The number of imide groups is 1. The van der Waals surface area contributed by atoms with Crippen LogP contribution in [0.25, 0.3) is 0 Å². The first-order chi connectivity index (χ1) is 15.2. The molecule has 32 heavy (non-hydrogen) atoms. The minimum atomic E-state index is -1.72. The van der Waals surface area contributed by atoms with Crippen molar-refractivity contribution in [2.75, 3.05) is 4.90 Å². The van der Waals surface area contributed by atoms with Gasteiger partial charge in [-0.3, -0.25) is 14.5 Å². The Morgan fingerprint density at radius 3 is 2.47 bits per heavy atom. The Hall–Kier alpha value is -2.72. The molecule has 2 aliphatic heterocycles. The van der Waals surface area contributed by atoms with Crippen molar-refractivity contribution in [3.05, 3.63) is 54.1 Å². The fourth-order valence-corrected chi connectivity index (χ4v) is 5.62. The third-order valence-electron chi connectivity index (χ3n) is 7.25. The molecule has 166 valence electrons. The molecule has 3 aliphatic rings. The van der Waals surface area contributed by atoms with Crippen LogP contribution in [0.4, 0.5) is 5.69 Å². The molecule has 9 heteroatoms. The van der Waals surface area contributed by atoms with Crippen LogP contribution in [0.3, 0.4) is 0 Å². The summed E-state index contributed by atoms with van der Waals surface area (Å²) in [5.41, 5.74) is 1.25. The van der Waals surface area contributed by atoms with Crippen molar-refractivity contribution in [3.8, 4) is 5.75 Å². The third-order valence-corrected chi connectivity index (χ3v) is 7.25. The third kappa shape index (κ3) is 3.08. The summed E-state index contributed by atoms with van der Waals surface area (Å²) in [6, 6.07) is 12.6. The monoisotopic (exact) mass is 437 g/mol. The van der Waals surface area contributed by atoms with Crippen LogP contribution in [0.15, 0.2) is 48.5 Å². The molecule has 2 aromatic rings. The number of ether oxygens (including phenoxy) is 1. The maximum atomic E-state index is 13.5. The van der Waals surface area contributed by atoms with Crippen LogP contribution in [-0.4, -0.2) is 45.0 Å². The average Bonchev–Trinajstić information content (AvgIpc) is 3.24. The number of amides is 2. The van der Waals surface area contributed by atoms with E-state index in [9.17, 15) is 29.9 Å². The molecule has 0 bridgehead atoms. The van der Waals surface area contributed by atoms with Crippen molar-refractivity contribution in [2.45, 2.75) is 31.7 Å². The summed E-state index contributed by atoms with van der Waals surface area (Å²) in [6.45, 7) is 1.82. The van der Waals surface area contributed by atoms with Gasteiger partial charge in [0.25, 0.3) is 0 Å². The van der Waals surface area contributed by atoms with Crippen molar-refractivity contribution >= 4 is 30.1 Å². The summed E-state index contributed by atoms with van der Waals surface area (Å²) in [4.78, 5) is 27.9. The molecule has 0 unspecified atom stereocenters. The standard InChI is InChI=1S/C23H24BNO7/c1-12-9-17-20(18-11-19(32-23(12,18)29)13-5-7-16(26)8-6-13)22(28)25(21(17)27)15-4-2-3-14(10-15)24(30)31/h2-8,10,12,17-20,26,29-31H,9,11H2,1H3/t12-,17-,18-,19-,20-,23+/m0/s1. The smallest absolute Gasteiger partial charge is 0.488 e. The highest BCUT2D eigenvalue weighted by Gasteiger charge is 2.66. The van der Waals surface area contributed by atoms with Crippen molar-refractivity contribution in [2.24, 2.45) is 23.7 Å². The molecule has 0 spiro atoms. The number of carbonyl (C=O) groups is 2. The van der Waals surface area contributed by atoms with Gasteiger partial charge in [0, 0.05) is 11.8 Å². The zero-order valence-corrected chi connectivity index (χ0v) is 17.5. The second kappa shape index (κ2) is 7.42. The number of nitrogens with zero attached hydrogens (tertiary/aromatic N) is 1. The second-order valence-electron chi connectivity index (χ2n) is 9.04. The number of fused-ring (bicyclic) bond motifs is 3. The maximum Gasteiger partial charge on any atom is 0.488 e. The average molecular weight is 437 g/mol. The van der Waals surface area contributed by atoms with Crippen LogP contribution in [-0.2, 0) is 14.3 Å². The Labute approximate surface area is 185 Å². The number of hydrogen-bond donors (Lipinski definition) is 4. The number of phenols is 1. The lowest BCUT2D eigenvalue weighted by molar-refractivity contribution is -0.265. The predicted octanol–water partition coefficient (Wildman–Crippen LogP) is 0.684. The molecule has 2 aromatic carbocycles. The van der Waals surface area contributed by atoms with E-state index in [0.717, 1.165) is 10.5 Å². The molecular weight excluding hydrogens is 413 g/mol. The Kier molecular flexibility index (Phi) is 4.90. The largest absolute Gasteiger partial charge is 0.508 e. The van der Waals surface area contributed by atoms with Crippen LogP contribution >= 0.6 is 0 Å². The molecule has 3 fully saturated rings. The summed E-state index contributed by atoms with van der Waals surface area (Å²) in [6.07, 6.45) is 0.217. The highest BCUT2D eigenvalue weighted by atomic mass is 16.6. The van der Waals surface area contributed by atoms with Gasteiger partial charge < -0.3 is 25.0 Å². The molecule has 2 saturated heterocycles. The van der Waals surface area contributed by atoms with Crippen molar-refractivity contribution in [3.63, 3.8) is 0 Å².